The maximum atomic E-state index is 12.3. The van der Waals surface area contributed by atoms with Crippen LogP contribution in [0.3, 0.4) is 0 Å². The van der Waals surface area contributed by atoms with Gasteiger partial charge < -0.3 is 10.2 Å². The Morgan fingerprint density at radius 3 is 2.68 bits per heavy atom. The van der Waals surface area contributed by atoms with Gasteiger partial charge in [-0.1, -0.05) is 25.0 Å². The molecule has 2 aromatic rings. The fraction of sp³-hybridized carbons (Fsp3) is 0.500. The second kappa shape index (κ2) is 6.90. The van der Waals surface area contributed by atoms with Gasteiger partial charge in [0.15, 0.2) is 0 Å². The van der Waals surface area contributed by atoms with Crippen molar-refractivity contribution in [3.05, 3.63) is 47.2 Å². The molecule has 1 aromatic heterocycles. The first-order chi connectivity index (χ1) is 12.2. The van der Waals surface area contributed by atoms with E-state index in [2.05, 4.69) is 38.2 Å². The highest BCUT2D eigenvalue weighted by atomic mass is 16.1. The SMILES string of the molecule is Cc1cc2n(n1)CCCN2Cc1ccc(C(=O)NC2CCCC2)cc1. The number of fused-ring (bicyclic) bond motifs is 1. The van der Waals surface area contributed by atoms with Gasteiger partial charge in [-0.2, -0.15) is 5.10 Å². The van der Waals surface area contributed by atoms with Crippen LogP contribution >= 0.6 is 0 Å². The normalized spacial score (nSPS) is 17.6. The van der Waals surface area contributed by atoms with Crippen molar-refractivity contribution in [2.75, 3.05) is 11.4 Å². The van der Waals surface area contributed by atoms with Crippen LogP contribution in [-0.2, 0) is 13.1 Å². The van der Waals surface area contributed by atoms with Crippen molar-refractivity contribution in [1.29, 1.82) is 0 Å². The summed E-state index contributed by atoms with van der Waals surface area (Å²) in [4.78, 5) is 14.7. The molecule has 1 amide bonds. The predicted molar refractivity (Wildman–Crippen MR) is 98.8 cm³/mol. The summed E-state index contributed by atoms with van der Waals surface area (Å²) < 4.78 is 2.10. The highest BCUT2D eigenvalue weighted by Crippen LogP contribution is 2.24. The van der Waals surface area contributed by atoms with E-state index in [0.717, 1.165) is 50.2 Å². The Bertz CT molecular complexity index is 744. The molecule has 0 atom stereocenters. The van der Waals surface area contributed by atoms with Crippen LogP contribution in [0, 0.1) is 6.92 Å². The monoisotopic (exact) mass is 338 g/mol. The standard InChI is InChI=1S/C20H26N4O/c1-15-13-19-23(11-4-12-24(19)22-15)14-16-7-9-17(10-8-16)20(25)21-18-5-2-3-6-18/h7-10,13,18H,2-6,11-12,14H2,1H3,(H,21,25). The van der Waals surface area contributed by atoms with Crippen molar-refractivity contribution in [3.63, 3.8) is 0 Å². The maximum absolute atomic E-state index is 12.3. The van der Waals surface area contributed by atoms with Crippen molar-refractivity contribution >= 4 is 11.7 Å². The number of anilines is 1. The smallest absolute Gasteiger partial charge is 0.251 e. The Labute approximate surface area is 149 Å². The largest absolute Gasteiger partial charge is 0.352 e. The van der Waals surface area contributed by atoms with Crippen LogP contribution in [0.2, 0.25) is 0 Å². The predicted octanol–water partition coefficient (Wildman–Crippen LogP) is 3.27. The molecule has 5 heteroatoms. The summed E-state index contributed by atoms with van der Waals surface area (Å²) in [5, 5.41) is 7.70. The van der Waals surface area contributed by atoms with E-state index >= 15 is 0 Å². The first kappa shape index (κ1) is 16.2. The van der Waals surface area contributed by atoms with Gasteiger partial charge in [-0.25, -0.2) is 4.68 Å². The topological polar surface area (TPSA) is 50.2 Å². The van der Waals surface area contributed by atoms with Crippen molar-refractivity contribution < 1.29 is 4.79 Å². The average Bonchev–Trinajstić information content (AvgIpc) is 3.24. The number of hydrogen-bond acceptors (Lipinski definition) is 3. The number of carbonyl (C=O) groups is 1. The summed E-state index contributed by atoms with van der Waals surface area (Å²) >= 11 is 0. The van der Waals surface area contributed by atoms with Crippen LogP contribution in [0.5, 0.6) is 0 Å². The molecule has 2 aliphatic rings. The molecule has 132 valence electrons. The number of rotatable bonds is 4. The molecule has 0 saturated heterocycles. The lowest BCUT2D eigenvalue weighted by Gasteiger charge is -2.29. The molecule has 1 aliphatic heterocycles. The first-order valence-electron chi connectivity index (χ1n) is 9.38. The van der Waals surface area contributed by atoms with Crippen LogP contribution in [-0.4, -0.2) is 28.3 Å². The van der Waals surface area contributed by atoms with Gasteiger partial charge >= 0.3 is 0 Å². The molecule has 1 fully saturated rings. The van der Waals surface area contributed by atoms with Gasteiger partial charge in [0.05, 0.1) is 5.69 Å². The van der Waals surface area contributed by atoms with Crippen LogP contribution in [0.25, 0.3) is 0 Å². The number of benzene rings is 1. The highest BCUT2D eigenvalue weighted by molar-refractivity contribution is 5.94. The summed E-state index contributed by atoms with van der Waals surface area (Å²) in [6.45, 7) is 4.95. The zero-order valence-corrected chi connectivity index (χ0v) is 14.9. The molecule has 1 aromatic carbocycles. The number of amides is 1. The number of aromatic nitrogens is 2. The van der Waals surface area contributed by atoms with Gasteiger partial charge in [-0.3, -0.25) is 4.79 Å². The van der Waals surface area contributed by atoms with Gasteiger partial charge in [0.1, 0.15) is 5.82 Å². The van der Waals surface area contributed by atoms with E-state index in [1.807, 2.05) is 19.1 Å². The van der Waals surface area contributed by atoms with Gasteiger partial charge in [0.2, 0.25) is 0 Å². The Balaban J connectivity index is 1.41. The van der Waals surface area contributed by atoms with E-state index in [-0.39, 0.29) is 5.91 Å². The van der Waals surface area contributed by atoms with E-state index in [1.165, 1.54) is 24.2 Å². The molecule has 0 spiro atoms. The quantitative estimate of drug-likeness (QED) is 0.931. The van der Waals surface area contributed by atoms with Crippen LogP contribution < -0.4 is 10.2 Å². The lowest BCUT2D eigenvalue weighted by Crippen LogP contribution is -2.32. The van der Waals surface area contributed by atoms with E-state index in [0.29, 0.717) is 6.04 Å². The van der Waals surface area contributed by atoms with Crippen LogP contribution in [0.1, 0.15) is 53.7 Å². The third kappa shape index (κ3) is 3.55. The third-order valence-corrected chi connectivity index (χ3v) is 5.28. The lowest BCUT2D eigenvalue weighted by atomic mass is 10.1. The number of nitrogens with one attached hydrogen (secondary N) is 1. The molecule has 1 aliphatic carbocycles. The minimum Gasteiger partial charge on any atom is -0.352 e. The second-order valence-corrected chi connectivity index (χ2v) is 7.29. The minimum atomic E-state index is 0.0603. The highest BCUT2D eigenvalue weighted by Gasteiger charge is 2.20. The van der Waals surface area contributed by atoms with Gasteiger partial charge in [0.25, 0.3) is 5.91 Å². The van der Waals surface area contributed by atoms with Gasteiger partial charge in [-0.05, 0) is 43.9 Å². The molecular formula is C20H26N4O. The van der Waals surface area contributed by atoms with Crippen molar-refractivity contribution in [2.45, 2.75) is 58.2 Å². The first-order valence-corrected chi connectivity index (χ1v) is 9.38. The van der Waals surface area contributed by atoms with Crippen LogP contribution in [0.15, 0.2) is 30.3 Å². The minimum absolute atomic E-state index is 0.0603. The Kier molecular flexibility index (Phi) is 4.47. The summed E-state index contributed by atoms with van der Waals surface area (Å²) in [5.41, 5.74) is 3.06. The molecule has 0 radical (unpaired) electrons. The molecule has 0 unspecified atom stereocenters. The Morgan fingerprint density at radius 1 is 1.16 bits per heavy atom. The molecule has 0 bridgehead atoms. The fourth-order valence-electron chi connectivity index (χ4n) is 3.96. The van der Waals surface area contributed by atoms with E-state index in [9.17, 15) is 4.79 Å². The molecule has 2 heterocycles. The van der Waals surface area contributed by atoms with E-state index in [1.54, 1.807) is 0 Å². The van der Waals surface area contributed by atoms with Crippen molar-refractivity contribution in [1.82, 2.24) is 15.1 Å². The average molecular weight is 338 g/mol. The summed E-state index contributed by atoms with van der Waals surface area (Å²) in [6.07, 6.45) is 5.82. The molecule has 5 nitrogen and oxygen atoms in total. The Morgan fingerprint density at radius 2 is 1.92 bits per heavy atom. The summed E-state index contributed by atoms with van der Waals surface area (Å²) in [5.74, 6) is 1.26. The number of nitrogens with zero attached hydrogens (tertiary/aromatic N) is 3. The number of carbonyl (C=O) groups excluding carboxylic acids is 1. The third-order valence-electron chi connectivity index (χ3n) is 5.28. The molecule has 1 saturated carbocycles. The molecule has 25 heavy (non-hydrogen) atoms. The van der Waals surface area contributed by atoms with Gasteiger partial charge in [0, 0.05) is 37.3 Å². The van der Waals surface area contributed by atoms with Crippen molar-refractivity contribution in [2.24, 2.45) is 0 Å². The maximum Gasteiger partial charge on any atom is 0.251 e. The summed E-state index contributed by atoms with van der Waals surface area (Å²) in [6, 6.07) is 10.6. The molecular weight excluding hydrogens is 312 g/mol. The fourth-order valence-corrected chi connectivity index (χ4v) is 3.96. The van der Waals surface area contributed by atoms with E-state index < -0.39 is 0 Å². The lowest BCUT2D eigenvalue weighted by molar-refractivity contribution is 0.0938. The molecule has 1 N–H and O–H groups in total. The Hall–Kier alpha value is -2.30. The second-order valence-electron chi connectivity index (χ2n) is 7.29. The van der Waals surface area contributed by atoms with E-state index in [4.69, 9.17) is 0 Å². The molecule has 4 rings (SSSR count). The van der Waals surface area contributed by atoms with Crippen LogP contribution in [0.4, 0.5) is 5.82 Å². The zero-order chi connectivity index (χ0) is 17.2. The van der Waals surface area contributed by atoms with Crippen molar-refractivity contribution in [3.8, 4) is 0 Å². The zero-order valence-electron chi connectivity index (χ0n) is 14.9. The number of hydrogen-bond donors (Lipinski definition) is 1. The number of aryl methyl sites for hydroxylation is 2. The summed E-state index contributed by atoms with van der Waals surface area (Å²) in [7, 11) is 0. The van der Waals surface area contributed by atoms with Gasteiger partial charge in [-0.15, -0.1) is 0 Å².